The van der Waals surface area contributed by atoms with E-state index in [1.54, 1.807) is 4.90 Å². The number of ether oxygens (including phenoxy) is 1. The Morgan fingerprint density at radius 3 is 2.62 bits per heavy atom. The van der Waals surface area contributed by atoms with Crippen LogP contribution in [0.25, 0.3) is 11.1 Å². The first-order chi connectivity index (χ1) is 16.4. The molecule has 1 fully saturated rings. The average Bonchev–Trinajstić information content (AvgIpc) is 3.55. The SMILES string of the molecule is CC(=O)N1c2ccc(-c3cnn(C4CC4)c3)cc2N(C(=O)Oc2ccc(C#N)cc2Cl)C[C@@H]1C. The van der Waals surface area contributed by atoms with Crippen LogP contribution in [0.2, 0.25) is 5.02 Å². The molecule has 9 heteroatoms. The smallest absolute Gasteiger partial charge is 0.408 e. The zero-order valence-electron chi connectivity index (χ0n) is 18.7. The number of anilines is 2. The number of hydrogen-bond acceptors (Lipinski definition) is 5. The molecular weight excluding hydrogens is 454 g/mol. The second-order valence-corrected chi connectivity index (χ2v) is 9.02. The molecule has 2 amide bonds. The van der Waals surface area contributed by atoms with Crippen molar-refractivity contribution in [1.29, 1.82) is 5.26 Å². The van der Waals surface area contributed by atoms with Crippen molar-refractivity contribution in [3.05, 3.63) is 59.4 Å². The van der Waals surface area contributed by atoms with Crippen molar-refractivity contribution in [3.63, 3.8) is 0 Å². The predicted molar refractivity (Wildman–Crippen MR) is 128 cm³/mol. The summed E-state index contributed by atoms with van der Waals surface area (Å²) in [5.74, 6) is 0.0574. The van der Waals surface area contributed by atoms with Gasteiger partial charge >= 0.3 is 6.09 Å². The lowest BCUT2D eigenvalue weighted by Crippen LogP contribution is -2.52. The van der Waals surface area contributed by atoms with Crippen LogP contribution >= 0.6 is 11.6 Å². The number of halogens is 1. The minimum atomic E-state index is -0.617. The number of carbonyl (C=O) groups is 2. The summed E-state index contributed by atoms with van der Waals surface area (Å²) in [6, 6.07) is 12.4. The molecule has 0 saturated heterocycles. The van der Waals surface area contributed by atoms with Gasteiger partial charge in [-0.05, 0) is 55.7 Å². The molecule has 1 saturated carbocycles. The first-order valence-electron chi connectivity index (χ1n) is 11.0. The van der Waals surface area contributed by atoms with Crippen molar-refractivity contribution in [1.82, 2.24) is 9.78 Å². The van der Waals surface area contributed by atoms with Crippen LogP contribution in [0.1, 0.15) is 38.3 Å². The molecule has 172 valence electrons. The summed E-state index contributed by atoms with van der Waals surface area (Å²) < 4.78 is 7.57. The molecule has 0 N–H and O–H groups in total. The van der Waals surface area contributed by atoms with Gasteiger partial charge in [-0.3, -0.25) is 14.4 Å². The summed E-state index contributed by atoms with van der Waals surface area (Å²) in [6.45, 7) is 3.65. The maximum atomic E-state index is 13.3. The normalized spacial score (nSPS) is 17.2. The van der Waals surface area contributed by atoms with Crippen LogP contribution in [-0.4, -0.2) is 34.4 Å². The van der Waals surface area contributed by atoms with Gasteiger partial charge < -0.3 is 9.64 Å². The van der Waals surface area contributed by atoms with Crippen LogP contribution in [-0.2, 0) is 4.79 Å². The fraction of sp³-hybridized carbons (Fsp3) is 0.280. The Balaban J connectivity index is 1.51. The van der Waals surface area contributed by atoms with E-state index in [4.69, 9.17) is 21.6 Å². The van der Waals surface area contributed by atoms with Crippen LogP contribution in [0.3, 0.4) is 0 Å². The molecule has 3 aromatic rings. The number of aromatic nitrogens is 2. The zero-order chi connectivity index (χ0) is 24.0. The molecule has 0 unspecified atom stereocenters. The molecule has 5 rings (SSSR count). The van der Waals surface area contributed by atoms with E-state index >= 15 is 0 Å². The van der Waals surface area contributed by atoms with E-state index in [1.807, 2.05) is 48.3 Å². The molecule has 0 spiro atoms. The molecule has 2 aromatic carbocycles. The van der Waals surface area contributed by atoms with Gasteiger partial charge in [0.1, 0.15) is 0 Å². The molecule has 1 atom stereocenters. The van der Waals surface area contributed by atoms with Gasteiger partial charge in [0, 0.05) is 25.2 Å². The lowest BCUT2D eigenvalue weighted by atomic mass is 10.0. The van der Waals surface area contributed by atoms with Crippen LogP contribution in [0, 0.1) is 11.3 Å². The van der Waals surface area contributed by atoms with Crippen molar-refractivity contribution >= 4 is 35.0 Å². The summed E-state index contributed by atoms with van der Waals surface area (Å²) in [5.41, 5.74) is 3.39. The standard InChI is InChI=1S/C25H22ClN5O3/c1-15-13-29(25(33)34-24-8-3-17(11-27)9-21(24)26)23-10-18(4-7-22(23)31(15)16(2)32)19-12-28-30(14-19)20-5-6-20/h3-4,7-10,12,14-15,20H,5-6,13H2,1-2H3/t15-/m0/s1. The van der Waals surface area contributed by atoms with E-state index in [0.29, 0.717) is 23.0 Å². The lowest BCUT2D eigenvalue weighted by Gasteiger charge is -2.40. The minimum absolute atomic E-state index is 0.105. The molecule has 1 aliphatic carbocycles. The van der Waals surface area contributed by atoms with Gasteiger partial charge in [0.15, 0.2) is 5.75 Å². The van der Waals surface area contributed by atoms with Crippen molar-refractivity contribution in [3.8, 4) is 22.9 Å². The monoisotopic (exact) mass is 475 g/mol. The first kappa shape index (κ1) is 22.0. The van der Waals surface area contributed by atoms with Gasteiger partial charge in [0.2, 0.25) is 5.91 Å². The Kier molecular flexibility index (Phi) is 5.50. The van der Waals surface area contributed by atoms with Gasteiger partial charge in [-0.1, -0.05) is 17.7 Å². The van der Waals surface area contributed by atoms with Crippen molar-refractivity contribution in [2.45, 2.75) is 38.8 Å². The third-order valence-corrected chi connectivity index (χ3v) is 6.38. The third-order valence-electron chi connectivity index (χ3n) is 6.09. The summed E-state index contributed by atoms with van der Waals surface area (Å²) in [4.78, 5) is 28.9. The predicted octanol–water partition coefficient (Wildman–Crippen LogP) is 5.17. The summed E-state index contributed by atoms with van der Waals surface area (Å²) in [6.07, 6.45) is 5.47. The number of nitrogens with zero attached hydrogens (tertiary/aromatic N) is 5. The van der Waals surface area contributed by atoms with Gasteiger partial charge in [0.25, 0.3) is 0 Å². The van der Waals surface area contributed by atoms with E-state index in [9.17, 15) is 9.59 Å². The minimum Gasteiger partial charge on any atom is -0.408 e. The Hall–Kier alpha value is -3.83. The van der Waals surface area contributed by atoms with E-state index in [-0.39, 0.29) is 29.3 Å². The molecule has 8 nitrogen and oxygen atoms in total. The molecule has 34 heavy (non-hydrogen) atoms. The maximum Gasteiger partial charge on any atom is 0.419 e. The maximum absolute atomic E-state index is 13.3. The number of amides is 2. The number of carbonyl (C=O) groups excluding carboxylic acids is 2. The van der Waals surface area contributed by atoms with Crippen molar-refractivity contribution in [2.75, 3.05) is 16.3 Å². The molecule has 0 radical (unpaired) electrons. The topological polar surface area (TPSA) is 91.5 Å². The largest absolute Gasteiger partial charge is 0.419 e. The highest BCUT2D eigenvalue weighted by molar-refractivity contribution is 6.32. The van der Waals surface area contributed by atoms with Gasteiger partial charge in [-0.2, -0.15) is 10.4 Å². The molecule has 0 bridgehead atoms. The Morgan fingerprint density at radius 2 is 1.94 bits per heavy atom. The van der Waals surface area contributed by atoms with E-state index in [0.717, 1.165) is 24.0 Å². The van der Waals surface area contributed by atoms with Gasteiger partial charge in [0.05, 0.1) is 46.3 Å². The molecule has 1 aromatic heterocycles. The summed E-state index contributed by atoms with van der Waals surface area (Å²) >= 11 is 6.21. The van der Waals surface area contributed by atoms with Gasteiger partial charge in [-0.15, -0.1) is 0 Å². The highest BCUT2D eigenvalue weighted by Gasteiger charge is 2.35. The van der Waals surface area contributed by atoms with E-state index in [1.165, 1.54) is 30.0 Å². The summed E-state index contributed by atoms with van der Waals surface area (Å²) in [5, 5.41) is 13.7. The number of nitriles is 1. The van der Waals surface area contributed by atoms with Crippen LogP contribution in [0.5, 0.6) is 5.75 Å². The number of fused-ring (bicyclic) bond motifs is 1. The quantitative estimate of drug-likeness (QED) is 0.521. The molecule has 2 heterocycles. The highest BCUT2D eigenvalue weighted by Crippen LogP contribution is 2.40. The zero-order valence-corrected chi connectivity index (χ0v) is 19.5. The third kappa shape index (κ3) is 3.99. The fourth-order valence-electron chi connectivity index (χ4n) is 4.29. The van der Waals surface area contributed by atoms with Crippen LogP contribution in [0.15, 0.2) is 48.8 Å². The molecular formula is C25H22ClN5O3. The van der Waals surface area contributed by atoms with Gasteiger partial charge in [-0.25, -0.2) is 4.79 Å². The van der Waals surface area contributed by atoms with Crippen molar-refractivity contribution in [2.24, 2.45) is 0 Å². The first-order valence-corrected chi connectivity index (χ1v) is 11.4. The number of hydrogen-bond donors (Lipinski definition) is 0. The Morgan fingerprint density at radius 1 is 1.15 bits per heavy atom. The van der Waals surface area contributed by atoms with E-state index in [2.05, 4.69) is 5.10 Å². The number of benzene rings is 2. The van der Waals surface area contributed by atoms with Crippen LogP contribution in [0.4, 0.5) is 16.2 Å². The van der Waals surface area contributed by atoms with Crippen LogP contribution < -0.4 is 14.5 Å². The van der Waals surface area contributed by atoms with E-state index < -0.39 is 6.09 Å². The second kappa shape index (κ2) is 8.50. The second-order valence-electron chi connectivity index (χ2n) is 8.62. The number of rotatable bonds is 3. The highest BCUT2D eigenvalue weighted by atomic mass is 35.5. The Labute approximate surface area is 201 Å². The Bertz CT molecular complexity index is 1340. The summed E-state index contributed by atoms with van der Waals surface area (Å²) in [7, 11) is 0. The average molecular weight is 476 g/mol. The fourth-order valence-corrected chi connectivity index (χ4v) is 4.50. The molecule has 2 aliphatic rings. The van der Waals surface area contributed by atoms with Crippen molar-refractivity contribution < 1.29 is 14.3 Å². The molecule has 1 aliphatic heterocycles. The lowest BCUT2D eigenvalue weighted by molar-refractivity contribution is -0.117.